The Balaban J connectivity index is 1.42. The van der Waals surface area contributed by atoms with E-state index in [0.717, 1.165) is 29.2 Å². The molecular formula is C25H29N3O3S. The number of nitrogens with zero attached hydrogens (tertiary/aromatic N) is 3. The Morgan fingerprint density at radius 3 is 2.44 bits per heavy atom. The minimum Gasteiger partial charge on any atom is -0.493 e. The van der Waals surface area contributed by atoms with E-state index in [2.05, 4.69) is 34.1 Å². The molecule has 0 unspecified atom stereocenters. The highest BCUT2D eigenvalue weighted by Gasteiger charge is 2.18. The van der Waals surface area contributed by atoms with E-state index in [9.17, 15) is 4.79 Å². The van der Waals surface area contributed by atoms with Crippen molar-refractivity contribution in [1.29, 1.82) is 0 Å². The van der Waals surface area contributed by atoms with Crippen LogP contribution < -0.4 is 14.4 Å². The van der Waals surface area contributed by atoms with E-state index in [1.807, 2.05) is 30.6 Å². The Bertz CT molecular complexity index is 1060. The van der Waals surface area contributed by atoms with E-state index < -0.39 is 0 Å². The van der Waals surface area contributed by atoms with Gasteiger partial charge >= 0.3 is 0 Å². The molecular weight excluding hydrogens is 422 g/mol. The second-order valence-corrected chi connectivity index (χ2v) is 8.84. The first kappa shape index (κ1) is 22.1. The van der Waals surface area contributed by atoms with Crippen LogP contribution in [0.2, 0.25) is 0 Å². The SMILES string of the molecule is COc1ccc(-c2nc(C(=O)N(C)Cc3ccc(N4CCCCC4)cc3)cs2)cc1OC. The zero-order chi connectivity index (χ0) is 22.5. The van der Waals surface area contributed by atoms with Crippen LogP contribution in [0.3, 0.4) is 0 Å². The van der Waals surface area contributed by atoms with Crippen LogP contribution in [0.15, 0.2) is 47.8 Å². The zero-order valence-corrected chi connectivity index (χ0v) is 19.7. The van der Waals surface area contributed by atoms with Crippen LogP contribution in [-0.4, -0.2) is 50.1 Å². The van der Waals surface area contributed by atoms with Crippen molar-refractivity contribution >= 4 is 22.9 Å². The number of carbonyl (C=O) groups excluding carboxylic acids is 1. The number of ether oxygens (including phenoxy) is 2. The lowest BCUT2D eigenvalue weighted by Crippen LogP contribution is -2.29. The van der Waals surface area contributed by atoms with Gasteiger partial charge in [-0.3, -0.25) is 4.79 Å². The van der Waals surface area contributed by atoms with E-state index in [-0.39, 0.29) is 5.91 Å². The third-order valence-electron chi connectivity index (χ3n) is 5.78. The van der Waals surface area contributed by atoms with Crippen LogP contribution in [0.25, 0.3) is 10.6 Å². The van der Waals surface area contributed by atoms with Gasteiger partial charge in [-0.15, -0.1) is 11.3 Å². The third kappa shape index (κ3) is 4.88. The van der Waals surface area contributed by atoms with Gasteiger partial charge in [0.2, 0.25) is 0 Å². The van der Waals surface area contributed by atoms with Crippen molar-refractivity contribution in [3.63, 3.8) is 0 Å². The number of piperidine rings is 1. The van der Waals surface area contributed by atoms with Gasteiger partial charge in [0.05, 0.1) is 14.2 Å². The number of anilines is 1. The minimum absolute atomic E-state index is 0.0897. The number of aromatic nitrogens is 1. The number of rotatable bonds is 7. The fourth-order valence-corrected chi connectivity index (χ4v) is 4.77. The number of thiazole rings is 1. The Kier molecular flexibility index (Phi) is 6.95. The molecule has 168 valence electrons. The summed E-state index contributed by atoms with van der Waals surface area (Å²) in [6.45, 7) is 2.80. The van der Waals surface area contributed by atoms with Crippen molar-refractivity contribution in [2.75, 3.05) is 39.3 Å². The molecule has 7 heteroatoms. The molecule has 1 amide bonds. The summed E-state index contributed by atoms with van der Waals surface area (Å²) in [5.74, 6) is 1.21. The summed E-state index contributed by atoms with van der Waals surface area (Å²) in [6.07, 6.45) is 3.85. The Labute approximate surface area is 193 Å². The second kappa shape index (κ2) is 10.0. The van der Waals surface area contributed by atoms with Crippen molar-refractivity contribution in [1.82, 2.24) is 9.88 Å². The third-order valence-corrected chi connectivity index (χ3v) is 6.67. The van der Waals surface area contributed by atoms with Crippen LogP contribution in [0, 0.1) is 0 Å². The average Bonchev–Trinajstić information content (AvgIpc) is 3.34. The topological polar surface area (TPSA) is 54.9 Å². The molecule has 0 saturated carbocycles. The first-order valence-corrected chi connectivity index (χ1v) is 11.7. The largest absolute Gasteiger partial charge is 0.493 e. The summed E-state index contributed by atoms with van der Waals surface area (Å²) in [5.41, 5.74) is 3.72. The lowest BCUT2D eigenvalue weighted by Gasteiger charge is -2.29. The molecule has 0 bridgehead atoms. The minimum atomic E-state index is -0.0897. The highest BCUT2D eigenvalue weighted by Crippen LogP contribution is 2.33. The molecule has 0 spiro atoms. The predicted octanol–water partition coefficient (Wildman–Crippen LogP) is 5.09. The van der Waals surface area contributed by atoms with E-state index in [1.54, 1.807) is 19.1 Å². The summed E-state index contributed by atoms with van der Waals surface area (Å²) in [6, 6.07) is 14.2. The van der Waals surface area contributed by atoms with Gasteiger partial charge < -0.3 is 19.3 Å². The quantitative estimate of drug-likeness (QED) is 0.501. The first-order valence-electron chi connectivity index (χ1n) is 10.9. The lowest BCUT2D eigenvalue weighted by molar-refractivity contribution is 0.0780. The Morgan fingerprint density at radius 2 is 1.75 bits per heavy atom. The van der Waals surface area contributed by atoms with Crippen molar-refractivity contribution in [2.24, 2.45) is 0 Å². The monoisotopic (exact) mass is 451 g/mol. The fraction of sp³-hybridized carbons (Fsp3) is 0.360. The molecule has 4 rings (SSSR count). The zero-order valence-electron chi connectivity index (χ0n) is 18.8. The number of methoxy groups -OCH3 is 2. The van der Waals surface area contributed by atoms with Crippen LogP contribution in [-0.2, 0) is 6.54 Å². The van der Waals surface area contributed by atoms with Gasteiger partial charge in [0.25, 0.3) is 5.91 Å². The Hall–Kier alpha value is -3.06. The number of hydrogen-bond acceptors (Lipinski definition) is 6. The van der Waals surface area contributed by atoms with Gasteiger partial charge in [0, 0.05) is 43.3 Å². The van der Waals surface area contributed by atoms with E-state index in [1.165, 1.54) is 36.3 Å². The molecule has 0 N–H and O–H groups in total. The molecule has 1 aliphatic rings. The fourth-order valence-electron chi connectivity index (χ4n) is 3.98. The molecule has 0 aliphatic carbocycles. The number of carbonyl (C=O) groups is 1. The van der Waals surface area contributed by atoms with E-state index in [4.69, 9.17) is 9.47 Å². The van der Waals surface area contributed by atoms with Gasteiger partial charge in [0.15, 0.2) is 11.5 Å². The number of benzene rings is 2. The standard InChI is InChI=1S/C25H29N3O3S/c1-27(16-18-7-10-20(11-8-18)28-13-5-4-6-14-28)25(29)21-17-32-24(26-21)19-9-12-22(30-2)23(15-19)31-3/h7-12,15,17H,4-6,13-14,16H2,1-3H3. The summed E-state index contributed by atoms with van der Waals surface area (Å²) in [4.78, 5) is 21.7. The van der Waals surface area contributed by atoms with Crippen molar-refractivity contribution < 1.29 is 14.3 Å². The molecule has 1 saturated heterocycles. The molecule has 2 aromatic carbocycles. The van der Waals surface area contributed by atoms with Crippen molar-refractivity contribution in [3.8, 4) is 22.1 Å². The van der Waals surface area contributed by atoms with Crippen LogP contribution in [0.1, 0.15) is 35.3 Å². The normalized spacial score (nSPS) is 13.7. The molecule has 0 atom stereocenters. The Morgan fingerprint density at radius 1 is 1.03 bits per heavy atom. The lowest BCUT2D eigenvalue weighted by atomic mass is 10.1. The molecule has 6 nitrogen and oxygen atoms in total. The van der Waals surface area contributed by atoms with Crippen molar-refractivity contribution in [2.45, 2.75) is 25.8 Å². The van der Waals surface area contributed by atoms with Gasteiger partial charge in [-0.25, -0.2) is 4.98 Å². The molecule has 3 aromatic rings. The van der Waals surface area contributed by atoms with E-state index >= 15 is 0 Å². The van der Waals surface area contributed by atoms with Crippen LogP contribution in [0.5, 0.6) is 11.5 Å². The van der Waals surface area contributed by atoms with Crippen LogP contribution >= 0.6 is 11.3 Å². The molecule has 1 aliphatic heterocycles. The smallest absolute Gasteiger partial charge is 0.273 e. The van der Waals surface area contributed by atoms with Gasteiger partial charge in [0.1, 0.15) is 10.7 Å². The highest BCUT2D eigenvalue weighted by molar-refractivity contribution is 7.13. The van der Waals surface area contributed by atoms with Gasteiger partial charge in [-0.2, -0.15) is 0 Å². The maximum Gasteiger partial charge on any atom is 0.273 e. The molecule has 2 heterocycles. The van der Waals surface area contributed by atoms with Gasteiger partial charge in [-0.05, 0) is 55.2 Å². The summed E-state index contributed by atoms with van der Waals surface area (Å²) in [5, 5.41) is 2.58. The maximum absolute atomic E-state index is 12.9. The van der Waals surface area contributed by atoms with E-state index in [0.29, 0.717) is 23.7 Å². The first-order chi connectivity index (χ1) is 15.6. The highest BCUT2D eigenvalue weighted by atomic mass is 32.1. The molecule has 1 fully saturated rings. The number of amides is 1. The molecule has 1 aromatic heterocycles. The van der Waals surface area contributed by atoms with Crippen LogP contribution in [0.4, 0.5) is 5.69 Å². The summed E-state index contributed by atoms with van der Waals surface area (Å²) in [7, 11) is 5.03. The average molecular weight is 452 g/mol. The maximum atomic E-state index is 12.9. The second-order valence-electron chi connectivity index (χ2n) is 7.98. The molecule has 0 radical (unpaired) electrons. The van der Waals surface area contributed by atoms with Crippen molar-refractivity contribution in [3.05, 3.63) is 59.1 Å². The van der Waals surface area contributed by atoms with Gasteiger partial charge in [-0.1, -0.05) is 12.1 Å². The number of hydrogen-bond donors (Lipinski definition) is 0. The summed E-state index contributed by atoms with van der Waals surface area (Å²) >= 11 is 1.44. The summed E-state index contributed by atoms with van der Waals surface area (Å²) < 4.78 is 10.7. The predicted molar refractivity (Wildman–Crippen MR) is 129 cm³/mol. The molecule has 32 heavy (non-hydrogen) atoms.